The van der Waals surface area contributed by atoms with E-state index < -0.39 is 10.0 Å². The molecule has 0 N–H and O–H groups in total. The van der Waals surface area contributed by atoms with Crippen molar-refractivity contribution in [3.05, 3.63) is 103 Å². The zero-order valence-corrected chi connectivity index (χ0v) is 15.7. The number of hydrogen-bond acceptors (Lipinski definition) is 2. The van der Waals surface area contributed by atoms with Crippen LogP contribution in [0.1, 0.15) is 5.56 Å². The zero-order chi connectivity index (χ0) is 18.9. The summed E-state index contributed by atoms with van der Waals surface area (Å²) in [5.41, 5.74) is 4.37. The number of nitrogens with zero attached hydrogens (tertiary/aromatic N) is 1. The van der Waals surface area contributed by atoms with Crippen molar-refractivity contribution >= 4 is 10.0 Å². The van der Waals surface area contributed by atoms with E-state index in [9.17, 15) is 8.42 Å². The van der Waals surface area contributed by atoms with Gasteiger partial charge in [0.2, 0.25) is 0 Å². The second-order valence-corrected chi connectivity index (χ2v) is 8.27. The molecule has 3 aromatic carbocycles. The normalized spacial score (nSPS) is 11.4. The SMILES string of the molecule is Cc1ccc(S(=O)(=O)n2cc(-c3ccccc3)cc2-c2ccccc2)cc1. The van der Waals surface area contributed by atoms with Gasteiger partial charge in [0, 0.05) is 11.8 Å². The molecule has 0 fully saturated rings. The molecule has 0 unspecified atom stereocenters. The lowest BCUT2D eigenvalue weighted by Gasteiger charge is -2.11. The van der Waals surface area contributed by atoms with Crippen LogP contribution in [0.15, 0.2) is 102 Å². The minimum absolute atomic E-state index is 0.278. The molecular formula is C23H19NO2S. The van der Waals surface area contributed by atoms with Crippen LogP contribution < -0.4 is 0 Å². The summed E-state index contributed by atoms with van der Waals surface area (Å²) in [6.07, 6.45) is 1.70. The molecule has 134 valence electrons. The minimum atomic E-state index is -3.71. The number of aromatic nitrogens is 1. The summed E-state index contributed by atoms with van der Waals surface area (Å²) >= 11 is 0. The maximum absolute atomic E-state index is 13.3. The standard InChI is InChI=1S/C23H19NO2S/c1-18-12-14-22(15-13-18)27(25,26)24-17-21(19-8-4-2-5-9-19)16-23(24)20-10-6-3-7-11-20/h2-17H,1H3. The van der Waals surface area contributed by atoms with Gasteiger partial charge in [-0.1, -0.05) is 78.4 Å². The van der Waals surface area contributed by atoms with Crippen LogP contribution in [0.25, 0.3) is 22.4 Å². The molecule has 1 aromatic heterocycles. The van der Waals surface area contributed by atoms with Crippen LogP contribution in [-0.2, 0) is 10.0 Å². The van der Waals surface area contributed by atoms with Gasteiger partial charge in [-0.15, -0.1) is 0 Å². The molecule has 4 rings (SSSR count). The van der Waals surface area contributed by atoms with Gasteiger partial charge in [-0.2, -0.15) is 0 Å². The van der Waals surface area contributed by atoms with E-state index in [-0.39, 0.29) is 4.90 Å². The lowest BCUT2D eigenvalue weighted by molar-refractivity contribution is 0.588. The van der Waals surface area contributed by atoms with Crippen molar-refractivity contribution < 1.29 is 8.42 Å². The van der Waals surface area contributed by atoms with Crippen molar-refractivity contribution in [1.82, 2.24) is 3.97 Å². The fourth-order valence-corrected chi connectivity index (χ4v) is 4.45. The summed E-state index contributed by atoms with van der Waals surface area (Å²) in [6, 6.07) is 28.3. The predicted octanol–water partition coefficient (Wildman–Crippen LogP) is 5.37. The molecule has 0 amide bonds. The highest BCUT2D eigenvalue weighted by Crippen LogP contribution is 2.31. The lowest BCUT2D eigenvalue weighted by atomic mass is 10.1. The fourth-order valence-electron chi connectivity index (χ4n) is 3.07. The second kappa shape index (κ2) is 6.89. The Morgan fingerprint density at radius 1 is 0.667 bits per heavy atom. The first-order valence-corrected chi connectivity index (χ1v) is 10.2. The third-order valence-corrected chi connectivity index (χ3v) is 6.23. The van der Waals surface area contributed by atoms with Crippen molar-refractivity contribution in [2.24, 2.45) is 0 Å². The van der Waals surface area contributed by atoms with E-state index in [1.807, 2.05) is 85.8 Å². The van der Waals surface area contributed by atoms with Gasteiger partial charge in [0.15, 0.2) is 0 Å². The Morgan fingerprint density at radius 2 is 1.22 bits per heavy atom. The quantitative estimate of drug-likeness (QED) is 0.482. The maximum atomic E-state index is 13.3. The summed E-state index contributed by atoms with van der Waals surface area (Å²) in [5.74, 6) is 0. The smallest absolute Gasteiger partial charge is 0.241 e. The first-order chi connectivity index (χ1) is 13.1. The largest absolute Gasteiger partial charge is 0.268 e. The highest BCUT2D eigenvalue weighted by molar-refractivity contribution is 7.90. The number of benzene rings is 3. The van der Waals surface area contributed by atoms with E-state index in [0.29, 0.717) is 5.69 Å². The van der Waals surface area contributed by atoms with E-state index in [1.54, 1.807) is 18.3 Å². The highest BCUT2D eigenvalue weighted by atomic mass is 32.2. The van der Waals surface area contributed by atoms with Crippen molar-refractivity contribution in [2.45, 2.75) is 11.8 Å². The maximum Gasteiger partial charge on any atom is 0.268 e. The molecule has 4 heteroatoms. The minimum Gasteiger partial charge on any atom is -0.241 e. The van der Waals surface area contributed by atoms with Crippen molar-refractivity contribution in [3.8, 4) is 22.4 Å². The van der Waals surface area contributed by atoms with Crippen LogP contribution in [-0.4, -0.2) is 12.4 Å². The van der Waals surface area contributed by atoms with E-state index in [1.165, 1.54) is 3.97 Å². The van der Waals surface area contributed by atoms with E-state index >= 15 is 0 Å². The van der Waals surface area contributed by atoms with Crippen LogP contribution in [0.5, 0.6) is 0 Å². The Balaban J connectivity index is 1.93. The van der Waals surface area contributed by atoms with Crippen LogP contribution >= 0.6 is 0 Å². The summed E-state index contributed by atoms with van der Waals surface area (Å²) < 4.78 is 28.1. The summed E-state index contributed by atoms with van der Waals surface area (Å²) in [5, 5.41) is 0. The van der Waals surface area contributed by atoms with E-state index in [2.05, 4.69) is 0 Å². The molecule has 0 saturated carbocycles. The van der Waals surface area contributed by atoms with Gasteiger partial charge >= 0.3 is 0 Å². The van der Waals surface area contributed by atoms with Gasteiger partial charge in [0.25, 0.3) is 10.0 Å². The van der Waals surface area contributed by atoms with Gasteiger partial charge in [0.05, 0.1) is 10.6 Å². The monoisotopic (exact) mass is 373 g/mol. The van der Waals surface area contributed by atoms with Gasteiger partial charge in [-0.3, -0.25) is 0 Å². The topological polar surface area (TPSA) is 39.1 Å². The molecule has 0 radical (unpaired) electrons. The molecule has 0 aliphatic rings. The zero-order valence-electron chi connectivity index (χ0n) is 14.9. The summed E-state index contributed by atoms with van der Waals surface area (Å²) in [6.45, 7) is 1.94. The van der Waals surface area contributed by atoms with Crippen LogP contribution in [0.2, 0.25) is 0 Å². The molecule has 0 saturated heterocycles. The van der Waals surface area contributed by atoms with Crippen molar-refractivity contribution in [1.29, 1.82) is 0 Å². The Hall–Kier alpha value is -3.11. The average Bonchev–Trinajstić information content (AvgIpc) is 3.16. The molecule has 0 bridgehead atoms. The fraction of sp³-hybridized carbons (Fsp3) is 0.0435. The van der Waals surface area contributed by atoms with Gasteiger partial charge < -0.3 is 0 Å². The van der Waals surface area contributed by atoms with E-state index in [0.717, 1.165) is 22.3 Å². The third-order valence-electron chi connectivity index (χ3n) is 4.54. The first-order valence-electron chi connectivity index (χ1n) is 8.71. The Kier molecular flexibility index (Phi) is 4.42. The Morgan fingerprint density at radius 3 is 1.81 bits per heavy atom. The highest BCUT2D eigenvalue weighted by Gasteiger charge is 2.22. The Bertz CT molecular complexity index is 1160. The van der Waals surface area contributed by atoms with Crippen molar-refractivity contribution in [2.75, 3.05) is 0 Å². The second-order valence-electron chi connectivity index (χ2n) is 6.46. The van der Waals surface area contributed by atoms with Gasteiger partial charge in [0.1, 0.15) is 0 Å². The number of rotatable bonds is 4. The van der Waals surface area contributed by atoms with Crippen LogP contribution in [0.3, 0.4) is 0 Å². The van der Waals surface area contributed by atoms with E-state index in [4.69, 9.17) is 0 Å². The molecule has 0 aliphatic carbocycles. The predicted molar refractivity (Wildman–Crippen MR) is 109 cm³/mol. The molecule has 4 aromatic rings. The van der Waals surface area contributed by atoms with Crippen LogP contribution in [0, 0.1) is 6.92 Å². The van der Waals surface area contributed by atoms with Crippen LogP contribution in [0.4, 0.5) is 0 Å². The molecule has 27 heavy (non-hydrogen) atoms. The number of aryl methyl sites for hydroxylation is 1. The lowest BCUT2D eigenvalue weighted by Crippen LogP contribution is -2.13. The summed E-state index contributed by atoms with van der Waals surface area (Å²) in [7, 11) is -3.71. The molecule has 0 aliphatic heterocycles. The van der Waals surface area contributed by atoms with Gasteiger partial charge in [-0.25, -0.2) is 12.4 Å². The molecule has 1 heterocycles. The van der Waals surface area contributed by atoms with Gasteiger partial charge in [-0.05, 0) is 36.2 Å². The average molecular weight is 373 g/mol. The summed E-state index contributed by atoms with van der Waals surface area (Å²) in [4.78, 5) is 0.278. The number of hydrogen-bond donors (Lipinski definition) is 0. The Labute approximate surface area is 159 Å². The third kappa shape index (κ3) is 3.32. The molecular weight excluding hydrogens is 354 g/mol. The molecule has 0 atom stereocenters. The molecule has 0 spiro atoms. The first kappa shape index (κ1) is 17.3. The van der Waals surface area contributed by atoms with Crippen molar-refractivity contribution in [3.63, 3.8) is 0 Å². The molecule has 3 nitrogen and oxygen atoms in total.